The Balaban J connectivity index is 1.53. The number of ketones is 1. The Morgan fingerprint density at radius 2 is 1.83 bits per heavy atom. The van der Waals surface area contributed by atoms with Crippen LogP contribution in [-0.4, -0.2) is 34.2 Å². The standard InChI is InChI=1S/C24H24N2O4/c1-3-29-22-12-10-21(11-13-22)24(28)18(2)30-23(27)14-9-20-15-25-26(17-20)16-19-7-5-4-6-8-19/h4-15,17-18H,3,16H2,1-2H3/b14-9+/t18-/m1/s1. The number of hydrogen-bond acceptors (Lipinski definition) is 5. The summed E-state index contributed by atoms with van der Waals surface area (Å²) in [6.07, 6.45) is 5.53. The van der Waals surface area contributed by atoms with Gasteiger partial charge >= 0.3 is 5.97 Å². The van der Waals surface area contributed by atoms with Crippen molar-refractivity contribution < 1.29 is 19.1 Å². The van der Waals surface area contributed by atoms with E-state index in [0.29, 0.717) is 24.5 Å². The number of aromatic nitrogens is 2. The Morgan fingerprint density at radius 1 is 1.10 bits per heavy atom. The van der Waals surface area contributed by atoms with Gasteiger partial charge in [-0.1, -0.05) is 30.3 Å². The predicted molar refractivity (Wildman–Crippen MR) is 114 cm³/mol. The molecule has 0 spiro atoms. The van der Waals surface area contributed by atoms with Gasteiger partial charge in [0.15, 0.2) is 6.10 Å². The molecule has 0 aliphatic heterocycles. The summed E-state index contributed by atoms with van der Waals surface area (Å²) in [6.45, 7) is 4.65. The summed E-state index contributed by atoms with van der Waals surface area (Å²) in [5.74, 6) is -0.164. The van der Waals surface area contributed by atoms with Gasteiger partial charge in [-0.15, -0.1) is 0 Å². The summed E-state index contributed by atoms with van der Waals surface area (Å²) in [5.41, 5.74) is 2.37. The molecular formula is C24H24N2O4. The average Bonchev–Trinajstić information content (AvgIpc) is 3.20. The topological polar surface area (TPSA) is 70.4 Å². The molecule has 30 heavy (non-hydrogen) atoms. The Morgan fingerprint density at radius 3 is 2.53 bits per heavy atom. The molecular weight excluding hydrogens is 380 g/mol. The van der Waals surface area contributed by atoms with Crippen molar-refractivity contribution in [3.8, 4) is 5.75 Å². The van der Waals surface area contributed by atoms with Gasteiger partial charge in [0.05, 0.1) is 19.3 Å². The van der Waals surface area contributed by atoms with Gasteiger partial charge in [-0.05, 0) is 49.8 Å². The lowest BCUT2D eigenvalue weighted by Gasteiger charge is -2.11. The fourth-order valence-corrected chi connectivity index (χ4v) is 2.87. The first-order chi connectivity index (χ1) is 14.5. The molecule has 0 fully saturated rings. The van der Waals surface area contributed by atoms with Gasteiger partial charge in [0.2, 0.25) is 5.78 Å². The van der Waals surface area contributed by atoms with E-state index in [2.05, 4.69) is 5.10 Å². The second kappa shape index (κ2) is 10.2. The SMILES string of the molecule is CCOc1ccc(C(=O)[C@@H](C)OC(=O)/C=C/c2cnn(Cc3ccccc3)c2)cc1. The average molecular weight is 404 g/mol. The highest BCUT2D eigenvalue weighted by molar-refractivity contribution is 6.01. The summed E-state index contributed by atoms with van der Waals surface area (Å²) >= 11 is 0. The second-order valence-electron chi connectivity index (χ2n) is 6.69. The molecule has 6 nitrogen and oxygen atoms in total. The van der Waals surface area contributed by atoms with Crippen LogP contribution in [0.5, 0.6) is 5.75 Å². The van der Waals surface area contributed by atoms with Crippen LogP contribution in [0.3, 0.4) is 0 Å². The zero-order valence-electron chi connectivity index (χ0n) is 17.0. The number of nitrogens with zero attached hydrogens (tertiary/aromatic N) is 2. The van der Waals surface area contributed by atoms with Gasteiger partial charge in [-0.2, -0.15) is 5.10 Å². The third-order valence-corrected chi connectivity index (χ3v) is 4.36. The van der Waals surface area contributed by atoms with E-state index in [4.69, 9.17) is 9.47 Å². The summed E-state index contributed by atoms with van der Waals surface area (Å²) in [7, 11) is 0. The van der Waals surface area contributed by atoms with Crippen LogP contribution in [0, 0.1) is 0 Å². The fraction of sp³-hybridized carbons (Fsp3) is 0.208. The lowest BCUT2D eigenvalue weighted by Crippen LogP contribution is -2.23. The number of rotatable bonds is 9. The number of ether oxygens (including phenoxy) is 2. The molecule has 1 heterocycles. The van der Waals surface area contributed by atoms with Crippen molar-refractivity contribution in [2.45, 2.75) is 26.5 Å². The molecule has 6 heteroatoms. The molecule has 154 valence electrons. The molecule has 0 aliphatic rings. The highest BCUT2D eigenvalue weighted by atomic mass is 16.5. The van der Waals surface area contributed by atoms with Crippen LogP contribution in [0.15, 0.2) is 73.1 Å². The molecule has 0 saturated carbocycles. The van der Waals surface area contributed by atoms with Crippen LogP contribution in [0.1, 0.15) is 35.3 Å². The zero-order chi connectivity index (χ0) is 21.3. The number of Topliss-reactive ketones (excluding diaryl/α,β-unsaturated/α-hetero) is 1. The van der Waals surface area contributed by atoms with E-state index in [1.54, 1.807) is 48.1 Å². The van der Waals surface area contributed by atoms with Gasteiger partial charge in [-0.3, -0.25) is 9.48 Å². The first-order valence-corrected chi connectivity index (χ1v) is 9.77. The monoisotopic (exact) mass is 404 g/mol. The van der Waals surface area contributed by atoms with Crippen molar-refractivity contribution >= 4 is 17.8 Å². The Bertz CT molecular complexity index is 1010. The summed E-state index contributed by atoms with van der Waals surface area (Å²) in [5, 5.41) is 4.29. The van der Waals surface area contributed by atoms with Crippen LogP contribution in [0.2, 0.25) is 0 Å². The number of carbonyl (C=O) groups excluding carboxylic acids is 2. The maximum absolute atomic E-state index is 12.4. The second-order valence-corrected chi connectivity index (χ2v) is 6.69. The van der Waals surface area contributed by atoms with E-state index in [-0.39, 0.29) is 5.78 Å². The van der Waals surface area contributed by atoms with Crippen molar-refractivity contribution in [2.24, 2.45) is 0 Å². The van der Waals surface area contributed by atoms with Gasteiger partial charge in [0.1, 0.15) is 5.75 Å². The van der Waals surface area contributed by atoms with Crippen molar-refractivity contribution in [3.63, 3.8) is 0 Å². The molecule has 2 aromatic carbocycles. The largest absolute Gasteiger partial charge is 0.494 e. The number of benzene rings is 2. The lowest BCUT2D eigenvalue weighted by molar-refractivity contribution is -0.140. The van der Waals surface area contributed by atoms with Crippen LogP contribution in [0.25, 0.3) is 6.08 Å². The molecule has 0 saturated heterocycles. The quantitative estimate of drug-likeness (QED) is 0.304. The normalized spacial score (nSPS) is 11.9. The molecule has 0 amide bonds. The Kier molecular flexibility index (Phi) is 7.16. The maximum Gasteiger partial charge on any atom is 0.331 e. The smallest absolute Gasteiger partial charge is 0.331 e. The zero-order valence-corrected chi connectivity index (χ0v) is 17.0. The fourth-order valence-electron chi connectivity index (χ4n) is 2.87. The molecule has 0 radical (unpaired) electrons. The van der Waals surface area contributed by atoms with E-state index < -0.39 is 12.1 Å². The number of hydrogen-bond donors (Lipinski definition) is 0. The molecule has 0 N–H and O–H groups in total. The third-order valence-electron chi connectivity index (χ3n) is 4.36. The molecule has 0 unspecified atom stereocenters. The van der Waals surface area contributed by atoms with Gasteiger partial charge in [-0.25, -0.2) is 4.79 Å². The number of esters is 1. The number of carbonyl (C=O) groups is 2. The predicted octanol–water partition coefficient (Wildman–Crippen LogP) is 4.16. The molecule has 1 atom stereocenters. The Labute approximate surface area is 175 Å². The van der Waals surface area contributed by atoms with E-state index in [9.17, 15) is 9.59 Å². The minimum absolute atomic E-state index is 0.268. The summed E-state index contributed by atoms with van der Waals surface area (Å²) in [6, 6.07) is 16.7. The van der Waals surface area contributed by atoms with Crippen molar-refractivity contribution in [3.05, 3.63) is 89.8 Å². The minimum atomic E-state index is -0.888. The summed E-state index contributed by atoms with van der Waals surface area (Å²) < 4.78 is 12.4. The first-order valence-electron chi connectivity index (χ1n) is 9.77. The van der Waals surface area contributed by atoms with Crippen molar-refractivity contribution in [1.82, 2.24) is 9.78 Å². The molecule has 3 rings (SSSR count). The van der Waals surface area contributed by atoms with Crippen molar-refractivity contribution in [1.29, 1.82) is 0 Å². The molecule has 1 aromatic heterocycles. The molecule has 0 aliphatic carbocycles. The van der Waals surface area contributed by atoms with E-state index in [0.717, 1.165) is 11.1 Å². The van der Waals surface area contributed by atoms with E-state index in [1.807, 2.05) is 43.5 Å². The van der Waals surface area contributed by atoms with Crippen LogP contribution in [-0.2, 0) is 16.1 Å². The minimum Gasteiger partial charge on any atom is -0.494 e. The van der Waals surface area contributed by atoms with Crippen molar-refractivity contribution in [2.75, 3.05) is 6.61 Å². The van der Waals surface area contributed by atoms with Crippen LogP contribution in [0.4, 0.5) is 0 Å². The van der Waals surface area contributed by atoms with Gasteiger partial charge in [0, 0.05) is 23.4 Å². The first kappa shape index (κ1) is 21.0. The molecule has 3 aromatic rings. The summed E-state index contributed by atoms with van der Waals surface area (Å²) in [4.78, 5) is 24.5. The Hall–Kier alpha value is -3.67. The lowest BCUT2D eigenvalue weighted by atomic mass is 10.1. The highest BCUT2D eigenvalue weighted by Gasteiger charge is 2.18. The van der Waals surface area contributed by atoms with E-state index >= 15 is 0 Å². The van der Waals surface area contributed by atoms with E-state index in [1.165, 1.54) is 6.08 Å². The third kappa shape index (κ3) is 5.91. The van der Waals surface area contributed by atoms with Crippen LogP contribution >= 0.6 is 0 Å². The maximum atomic E-state index is 12.4. The van der Waals surface area contributed by atoms with Crippen LogP contribution < -0.4 is 4.74 Å². The molecule has 0 bridgehead atoms. The van der Waals surface area contributed by atoms with Gasteiger partial charge in [0.25, 0.3) is 0 Å². The highest BCUT2D eigenvalue weighted by Crippen LogP contribution is 2.14. The van der Waals surface area contributed by atoms with Gasteiger partial charge < -0.3 is 9.47 Å².